The van der Waals surface area contributed by atoms with Gasteiger partial charge in [0.2, 0.25) is 0 Å². The van der Waals surface area contributed by atoms with Crippen LogP contribution in [-0.2, 0) is 13.0 Å². The number of hydrogen-bond acceptors (Lipinski definition) is 2. The van der Waals surface area contributed by atoms with Gasteiger partial charge in [0.1, 0.15) is 0 Å². The quantitative estimate of drug-likeness (QED) is 0.813. The lowest BCUT2D eigenvalue weighted by Gasteiger charge is -2.23. The van der Waals surface area contributed by atoms with Gasteiger partial charge in [-0.3, -0.25) is 0 Å². The third kappa shape index (κ3) is 1.53. The van der Waals surface area contributed by atoms with Crippen LogP contribution in [0.1, 0.15) is 17.8 Å². The van der Waals surface area contributed by atoms with Crippen LogP contribution in [0.2, 0.25) is 0 Å². The normalized spacial score (nSPS) is 21.6. The van der Waals surface area contributed by atoms with Gasteiger partial charge in [0.15, 0.2) is 4.73 Å². The van der Waals surface area contributed by atoms with Crippen LogP contribution in [0.25, 0.3) is 0 Å². The molecule has 0 spiro atoms. The summed E-state index contributed by atoms with van der Waals surface area (Å²) >= 11 is 3.47. The highest BCUT2D eigenvalue weighted by Crippen LogP contribution is 2.26. The van der Waals surface area contributed by atoms with Crippen molar-refractivity contribution in [3.8, 4) is 0 Å². The standard InChI is InChI=1S/C9H14BrN3/c1-6-8-4-7(5-11)2-3-13(8)9(10)12-6/h7H,2-5,11H2,1H3. The lowest BCUT2D eigenvalue weighted by Crippen LogP contribution is -2.25. The van der Waals surface area contributed by atoms with E-state index in [0.717, 1.165) is 29.9 Å². The Morgan fingerprint density at radius 2 is 2.46 bits per heavy atom. The smallest absolute Gasteiger partial charge is 0.177 e. The summed E-state index contributed by atoms with van der Waals surface area (Å²) in [6.07, 6.45) is 2.26. The van der Waals surface area contributed by atoms with Crippen LogP contribution in [0.15, 0.2) is 4.73 Å². The highest BCUT2D eigenvalue weighted by molar-refractivity contribution is 9.10. The zero-order chi connectivity index (χ0) is 9.42. The topological polar surface area (TPSA) is 43.8 Å². The van der Waals surface area contributed by atoms with Crippen LogP contribution < -0.4 is 5.73 Å². The van der Waals surface area contributed by atoms with Crippen molar-refractivity contribution in [1.29, 1.82) is 0 Å². The van der Waals surface area contributed by atoms with Crippen molar-refractivity contribution >= 4 is 15.9 Å². The summed E-state index contributed by atoms with van der Waals surface area (Å²) in [7, 11) is 0. The summed E-state index contributed by atoms with van der Waals surface area (Å²) in [5, 5.41) is 0. The average molecular weight is 244 g/mol. The molecule has 72 valence electrons. The van der Waals surface area contributed by atoms with E-state index in [1.165, 1.54) is 12.1 Å². The molecule has 2 rings (SSSR count). The van der Waals surface area contributed by atoms with Crippen LogP contribution in [0, 0.1) is 12.8 Å². The van der Waals surface area contributed by atoms with Crippen molar-refractivity contribution in [2.45, 2.75) is 26.3 Å². The molecule has 1 aliphatic rings. The Kier molecular flexibility index (Phi) is 2.43. The van der Waals surface area contributed by atoms with E-state index in [0.29, 0.717) is 5.92 Å². The number of aromatic nitrogens is 2. The first-order valence-corrected chi connectivity index (χ1v) is 5.43. The van der Waals surface area contributed by atoms with Gasteiger partial charge >= 0.3 is 0 Å². The second kappa shape index (κ2) is 3.42. The molecule has 4 heteroatoms. The molecule has 3 nitrogen and oxygen atoms in total. The first kappa shape index (κ1) is 9.21. The lowest BCUT2D eigenvalue weighted by atomic mass is 9.95. The zero-order valence-corrected chi connectivity index (χ0v) is 9.34. The third-order valence-electron chi connectivity index (χ3n) is 2.80. The van der Waals surface area contributed by atoms with Crippen molar-refractivity contribution < 1.29 is 0 Å². The Morgan fingerprint density at radius 1 is 1.69 bits per heavy atom. The Bertz CT molecular complexity index is 319. The van der Waals surface area contributed by atoms with Crippen LogP contribution in [0.5, 0.6) is 0 Å². The molecule has 0 bridgehead atoms. The molecular formula is C9H14BrN3. The van der Waals surface area contributed by atoms with Crippen molar-refractivity contribution in [3.63, 3.8) is 0 Å². The maximum Gasteiger partial charge on any atom is 0.177 e. The minimum atomic E-state index is 0.648. The summed E-state index contributed by atoms with van der Waals surface area (Å²) < 4.78 is 3.22. The molecule has 0 amide bonds. The second-order valence-corrected chi connectivity index (χ2v) is 4.37. The molecule has 0 saturated heterocycles. The highest BCUT2D eigenvalue weighted by Gasteiger charge is 2.21. The molecule has 0 saturated carbocycles. The molecule has 0 radical (unpaired) electrons. The van der Waals surface area contributed by atoms with Gasteiger partial charge in [-0.2, -0.15) is 0 Å². The van der Waals surface area contributed by atoms with Crippen LogP contribution in [0.4, 0.5) is 0 Å². The molecule has 0 fully saturated rings. The molecule has 2 heterocycles. The molecule has 1 aromatic rings. The first-order valence-electron chi connectivity index (χ1n) is 4.64. The van der Waals surface area contributed by atoms with Gasteiger partial charge in [-0.25, -0.2) is 4.98 Å². The van der Waals surface area contributed by atoms with E-state index < -0.39 is 0 Å². The van der Waals surface area contributed by atoms with E-state index in [1.54, 1.807) is 0 Å². The maximum atomic E-state index is 5.68. The van der Waals surface area contributed by atoms with Gasteiger partial charge in [0.25, 0.3) is 0 Å². The second-order valence-electron chi connectivity index (χ2n) is 3.66. The monoisotopic (exact) mass is 243 g/mol. The summed E-state index contributed by atoms with van der Waals surface area (Å²) in [5.74, 6) is 0.648. The SMILES string of the molecule is Cc1nc(Br)n2c1CC(CN)CC2. The van der Waals surface area contributed by atoms with E-state index in [-0.39, 0.29) is 0 Å². The summed E-state index contributed by atoms with van der Waals surface area (Å²) in [5.41, 5.74) is 8.17. The number of fused-ring (bicyclic) bond motifs is 1. The molecule has 1 aromatic heterocycles. The van der Waals surface area contributed by atoms with Gasteiger partial charge in [0, 0.05) is 12.2 Å². The number of nitrogens with two attached hydrogens (primary N) is 1. The molecule has 1 aliphatic heterocycles. The predicted octanol–water partition coefficient (Wildman–Crippen LogP) is 1.48. The molecule has 1 atom stereocenters. The minimum Gasteiger partial charge on any atom is -0.330 e. The van der Waals surface area contributed by atoms with Crippen molar-refractivity contribution in [1.82, 2.24) is 9.55 Å². The molecule has 2 N–H and O–H groups in total. The Balaban J connectivity index is 2.33. The van der Waals surface area contributed by atoms with Crippen molar-refractivity contribution in [2.75, 3.05) is 6.54 Å². The number of nitrogens with zero attached hydrogens (tertiary/aromatic N) is 2. The van der Waals surface area contributed by atoms with E-state index in [4.69, 9.17) is 5.73 Å². The minimum absolute atomic E-state index is 0.648. The van der Waals surface area contributed by atoms with E-state index in [1.807, 2.05) is 0 Å². The van der Waals surface area contributed by atoms with Gasteiger partial charge in [-0.1, -0.05) is 0 Å². The number of imidazole rings is 1. The van der Waals surface area contributed by atoms with Crippen LogP contribution >= 0.6 is 15.9 Å². The lowest BCUT2D eigenvalue weighted by molar-refractivity contribution is 0.392. The fourth-order valence-corrected chi connectivity index (χ4v) is 2.60. The van der Waals surface area contributed by atoms with Gasteiger partial charge in [-0.05, 0) is 48.2 Å². The van der Waals surface area contributed by atoms with Gasteiger partial charge in [0.05, 0.1) is 5.69 Å². The van der Waals surface area contributed by atoms with Crippen molar-refractivity contribution in [2.24, 2.45) is 11.7 Å². The van der Waals surface area contributed by atoms with E-state index >= 15 is 0 Å². The van der Waals surface area contributed by atoms with Crippen LogP contribution in [0.3, 0.4) is 0 Å². The number of aryl methyl sites for hydroxylation is 1. The zero-order valence-electron chi connectivity index (χ0n) is 7.76. The van der Waals surface area contributed by atoms with Gasteiger partial charge in [-0.15, -0.1) is 0 Å². The Morgan fingerprint density at radius 3 is 3.15 bits per heavy atom. The maximum absolute atomic E-state index is 5.68. The summed E-state index contributed by atoms with van der Waals surface area (Å²) in [6.45, 7) is 3.91. The van der Waals surface area contributed by atoms with E-state index in [9.17, 15) is 0 Å². The fourth-order valence-electron chi connectivity index (χ4n) is 1.94. The van der Waals surface area contributed by atoms with Gasteiger partial charge < -0.3 is 10.3 Å². The molecule has 1 unspecified atom stereocenters. The summed E-state index contributed by atoms with van der Waals surface area (Å²) in [4.78, 5) is 4.40. The highest BCUT2D eigenvalue weighted by atomic mass is 79.9. The number of halogens is 1. The average Bonchev–Trinajstić information content (AvgIpc) is 2.42. The molecule has 13 heavy (non-hydrogen) atoms. The largest absolute Gasteiger partial charge is 0.330 e. The van der Waals surface area contributed by atoms with Crippen LogP contribution in [-0.4, -0.2) is 16.1 Å². The Hall–Kier alpha value is -0.350. The predicted molar refractivity (Wildman–Crippen MR) is 55.5 cm³/mol. The summed E-state index contributed by atoms with van der Waals surface area (Å²) in [6, 6.07) is 0. The first-order chi connectivity index (χ1) is 6.22. The molecular weight excluding hydrogens is 230 g/mol. The fraction of sp³-hybridized carbons (Fsp3) is 0.667. The number of hydrogen-bond donors (Lipinski definition) is 1. The number of rotatable bonds is 1. The molecule has 0 aliphatic carbocycles. The molecule has 0 aromatic carbocycles. The van der Waals surface area contributed by atoms with Crippen molar-refractivity contribution in [3.05, 3.63) is 16.1 Å². The Labute approximate surface area is 86.5 Å². The van der Waals surface area contributed by atoms with E-state index in [2.05, 4.69) is 32.4 Å². The third-order valence-corrected chi connectivity index (χ3v) is 3.41.